The molecule has 2 aliphatic rings. The van der Waals surface area contributed by atoms with Gasteiger partial charge in [-0.25, -0.2) is 0 Å². The van der Waals surface area contributed by atoms with Crippen molar-refractivity contribution in [1.29, 1.82) is 0 Å². The van der Waals surface area contributed by atoms with Crippen LogP contribution in [0.25, 0.3) is 0 Å². The zero-order valence-electron chi connectivity index (χ0n) is 12.9. The monoisotopic (exact) mass is 321 g/mol. The van der Waals surface area contributed by atoms with Crippen molar-refractivity contribution in [3.63, 3.8) is 0 Å². The number of aliphatic hydroxyl groups excluding tert-OH is 1. The lowest BCUT2D eigenvalue weighted by molar-refractivity contribution is -0.122. The van der Waals surface area contributed by atoms with Crippen LogP contribution in [0.2, 0.25) is 0 Å². The maximum atomic E-state index is 12.1. The number of thioether (sulfide) groups is 1. The minimum atomic E-state index is -0.214. The van der Waals surface area contributed by atoms with Crippen molar-refractivity contribution in [2.75, 3.05) is 18.6 Å². The molecule has 1 heterocycles. The summed E-state index contributed by atoms with van der Waals surface area (Å²) in [6, 6.07) is 6.22. The summed E-state index contributed by atoms with van der Waals surface area (Å²) in [6.07, 6.45) is 4.80. The summed E-state index contributed by atoms with van der Waals surface area (Å²) in [5.41, 5.74) is 2.36. The SMILES string of the molecule is CSCCC(=O)NC(c1ccc2c(c1)CCO2)C1CC(O)C1. The van der Waals surface area contributed by atoms with E-state index in [2.05, 4.69) is 11.4 Å². The molecule has 1 unspecified atom stereocenters. The molecule has 1 saturated carbocycles. The van der Waals surface area contributed by atoms with Crippen LogP contribution in [0.1, 0.15) is 36.4 Å². The quantitative estimate of drug-likeness (QED) is 0.844. The van der Waals surface area contributed by atoms with Crippen LogP contribution in [0.3, 0.4) is 0 Å². The maximum absolute atomic E-state index is 12.1. The van der Waals surface area contributed by atoms with Crippen LogP contribution in [-0.4, -0.2) is 35.7 Å². The first-order valence-corrected chi connectivity index (χ1v) is 9.28. The summed E-state index contributed by atoms with van der Waals surface area (Å²) in [4.78, 5) is 12.1. The molecule has 1 aromatic rings. The smallest absolute Gasteiger partial charge is 0.221 e. The zero-order valence-corrected chi connectivity index (χ0v) is 13.7. The number of nitrogens with one attached hydrogen (secondary N) is 1. The van der Waals surface area contributed by atoms with Gasteiger partial charge >= 0.3 is 0 Å². The van der Waals surface area contributed by atoms with Gasteiger partial charge in [0.1, 0.15) is 5.75 Å². The van der Waals surface area contributed by atoms with Crippen molar-refractivity contribution in [2.24, 2.45) is 5.92 Å². The highest BCUT2D eigenvalue weighted by Crippen LogP contribution is 2.39. The first-order chi connectivity index (χ1) is 10.7. The summed E-state index contributed by atoms with van der Waals surface area (Å²) in [5.74, 6) is 2.22. The van der Waals surface area contributed by atoms with E-state index in [9.17, 15) is 9.90 Å². The Morgan fingerprint density at radius 2 is 2.32 bits per heavy atom. The fraction of sp³-hybridized carbons (Fsp3) is 0.588. The molecule has 1 aliphatic heterocycles. The summed E-state index contributed by atoms with van der Waals surface area (Å²) in [6.45, 7) is 0.742. The van der Waals surface area contributed by atoms with Gasteiger partial charge in [-0.1, -0.05) is 6.07 Å². The summed E-state index contributed by atoms with van der Waals surface area (Å²) >= 11 is 1.68. The third-order valence-corrected chi connectivity index (χ3v) is 5.16. The van der Waals surface area contributed by atoms with Crippen LogP contribution in [0.15, 0.2) is 18.2 Å². The molecular formula is C17H23NO3S. The third kappa shape index (κ3) is 3.41. The lowest BCUT2D eigenvalue weighted by Gasteiger charge is -2.38. The molecule has 1 fully saturated rings. The Hall–Kier alpha value is -1.20. The Balaban J connectivity index is 1.74. The number of carbonyl (C=O) groups is 1. The van der Waals surface area contributed by atoms with Gasteiger partial charge < -0.3 is 15.2 Å². The van der Waals surface area contributed by atoms with Crippen LogP contribution < -0.4 is 10.1 Å². The van der Waals surface area contributed by atoms with Crippen LogP contribution in [0, 0.1) is 5.92 Å². The molecule has 120 valence electrons. The van der Waals surface area contributed by atoms with E-state index in [4.69, 9.17) is 4.74 Å². The fourth-order valence-electron chi connectivity index (χ4n) is 3.22. The molecule has 0 saturated heterocycles. The molecule has 1 aliphatic carbocycles. The average molecular weight is 321 g/mol. The van der Waals surface area contributed by atoms with Gasteiger partial charge in [0.25, 0.3) is 0 Å². The molecule has 0 bridgehead atoms. The van der Waals surface area contributed by atoms with Crippen LogP contribution in [0.5, 0.6) is 5.75 Å². The van der Waals surface area contributed by atoms with E-state index in [1.807, 2.05) is 18.4 Å². The van der Waals surface area contributed by atoms with Gasteiger partial charge in [0.2, 0.25) is 5.91 Å². The molecule has 1 atom stereocenters. The number of benzene rings is 1. The normalized spacial score (nSPS) is 24.1. The van der Waals surface area contributed by atoms with Crippen LogP contribution in [-0.2, 0) is 11.2 Å². The predicted molar refractivity (Wildman–Crippen MR) is 88.3 cm³/mol. The summed E-state index contributed by atoms with van der Waals surface area (Å²) < 4.78 is 5.56. The summed E-state index contributed by atoms with van der Waals surface area (Å²) in [5, 5.41) is 12.8. The zero-order chi connectivity index (χ0) is 15.5. The van der Waals surface area contributed by atoms with Gasteiger partial charge in [-0.05, 0) is 48.3 Å². The lowest BCUT2D eigenvalue weighted by atomic mass is 9.75. The standard InChI is InChI=1S/C17H23NO3S/c1-22-7-5-16(20)18-17(13-9-14(19)10-13)12-2-3-15-11(8-12)4-6-21-15/h2-3,8,13-14,17,19H,4-7,9-10H2,1H3,(H,18,20). The van der Waals surface area contributed by atoms with Crippen molar-refractivity contribution < 1.29 is 14.6 Å². The minimum absolute atomic E-state index is 0.00339. The highest BCUT2D eigenvalue weighted by atomic mass is 32.2. The van der Waals surface area contributed by atoms with Gasteiger partial charge in [0.15, 0.2) is 0 Å². The van der Waals surface area contributed by atoms with Crippen molar-refractivity contribution in [1.82, 2.24) is 5.32 Å². The number of hydrogen-bond donors (Lipinski definition) is 2. The second-order valence-electron chi connectivity index (χ2n) is 6.14. The van der Waals surface area contributed by atoms with Crippen molar-refractivity contribution in [2.45, 2.75) is 37.8 Å². The van der Waals surface area contributed by atoms with E-state index in [0.717, 1.165) is 42.9 Å². The Labute approximate surface area is 135 Å². The number of ether oxygens (including phenoxy) is 1. The van der Waals surface area contributed by atoms with Crippen molar-refractivity contribution >= 4 is 17.7 Å². The summed E-state index contributed by atoms with van der Waals surface area (Å²) in [7, 11) is 0. The number of rotatable bonds is 6. The highest BCUT2D eigenvalue weighted by molar-refractivity contribution is 7.98. The van der Waals surface area contributed by atoms with Crippen LogP contribution in [0.4, 0.5) is 0 Å². The predicted octanol–water partition coefficient (Wildman–Crippen LogP) is 2.30. The largest absolute Gasteiger partial charge is 0.493 e. The maximum Gasteiger partial charge on any atom is 0.221 e. The number of fused-ring (bicyclic) bond motifs is 1. The van der Waals surface area contributed by atoms with Gasteiger partial charge in [-0.15, -0.1) is 0 Å². The first kappa shape index (κ1) is 15.7. The van der Waals surface area contributed by atoms with E-state index in [0.29, 0.717) is 12.3 Å². The molecule has 3 rings (SSSR count). The van der Waals surface area contributed by atoms with E-state index in [1.54, 1.807) is 11.8 Å². The number of aliphatic hydroxyl groups is 1. The second-order valence-corrected chi connectivity index (χ2v) is 7.12. The molecule has 4 nitrogen and oxygen atoms in total. The van der Waals surface area contributed by atoms with E-state index in [1.165, 1.54) is 5.56 Å². The van der Waals surface area contributed by atoms with Gasteiger partial charge in [0, 0.05) is 18.6 Å². The Morgan fingerprint density at radius 3 is 3.05 bits per heavy atom. The van der Waals surface area contributed by atoms with Gasteiger partial charge in [-0.3, -0.25) is 4.79 Å². The molecule has 22 heavy (non-hydrogen) atoms. The van der Waals surface area contributed by atoms with E-state index >= 15 is 0 Å². The number of amides is 1. The Morgan fingerprint density at radius 1 is 1.50 bits per heavy atom. The lowest BCUT2D eigenvalue weighted by Crippen LogP contribution is -2.41. The van der Waals surface area contributed by atoms with E-state index in [-0.39, 0.29) is 18.1 Å². The number of carbonyl (C=O) groups excluding carboxylic acids is 1. The average Bonchev–Trinajstić information content (AvgIpc) is 2.95. The third-order valence-electron chi connectivity index (χ3n) is 4.54. The molecule has 2 N–H and O–H groups in total. The molecule has 5 heteroatoms. The second kappa shape index (κ2) is 6.92. The molecule has 0 aromatic heterocycles. The van der Waals surface area contributed by atoms with E-state index < -0.39 is 0 Å². The topological polar surface area (TPSA) is 58.6 Å². The molecule has 0 radical (unpaired) electrons. The molecule has 0 spiro atoms. The Kier molecular flexibility index (Phi) is 4.93. The van der Waals surface area contributed by atoms with Gasteiger partial charge in [-0.2, -0.15) is 11.8 Å². The van der Waals surface area contributed by atoms with Crippen molar-refractivity contribution in [3.05, 3.63) is 29.3 Å². The molecule has 1 amide bonds. The van der Waals surface area contributed by atoms with Gasteiger partial charge in [0.05, 0.1) is 18.8 Å². The van der Waals surface area contributed by atoms with Crippen LogP contribution >= 0.6 is 11.8 Å². The molecular weight excluding hydrogens is 298 g/mol. The fourth-order valence-corrected chi connectivity index (χ4v) is 3.61. The number of hydrogen-bond acceptors (Lipinski definition) is 4. The highest BCUT2D eigenvalue weighted by Gasteiger charge is 2.36. The molecule has 1 aromatic carbocycles. The first-order valence-electron chi connectivity index (χ1n) is 7.89. The Bertz CT molecular complexity index is 543. The minimum Gasteiger partial charge on any atom is -0.493 e. The van der Waals surface area contributed by atoms with Crippen molar-refractivity contribution in [3.8, 4) is 5.75 Å².